The molecule has 1 aromatic carbocycles. The van der Waals surface area contributed by atoms with E-state index in [1.54, 1.807) is 25.3 Å². The lowest BCUT2D eigenvalue weighted by molar-refractivity contribution is -0.870. The molecule has 0 aliphatic heterocycles. The number of rotatable bonds is 6. The number of hydrogen-bond donors (Lipinski definition) is 0. The summed E-state index contributed by atoms with van der Waals surface area (Å²) in [5.41, 5.74) is 0.407. The highest BCUT2D eigenvalue weighted by atomic mass is 16.5. The topological polar surface area (TPSA) is 44.8 Å². The summed E-state index contributed by atoms with van der Waals surface area (Å²) in [4.78, 5) is 12.0. The monoisotopic (exact) mass is 268 g/mol. The van der Waals surface area contributed by atoms with E-state index in [1.807, 2.05) is 21.1 Å². The second-order valence-electron chi connectivity index (χ2n) is 5.22. The zero-order valence-electron chi connectivity index (χ0n) is 12.2. The first-order valence-corrected chi connectivity index (χ1v) is 6.07. The van der Waals surface area contributed by atoms with Crippen molar-refractivity contribution in [2.45, 2.75) is 0 Å². The minimum atomic E-state index is -0.382. The molecule has 1 rings (SSSR count). The van der Waals surface area contributed by atoms with Crippen LogP contribution in [0.4, 0.5) is 0 Å². The fraction of sp³-hybridized carbons (Fsp3) is 0.500. The number of carbonyl (C=O) groups is 1. The first-order chi connectivity index (χ1) is 8.87. The number of carbonyl (C=O) groups excluding carboxylic acids is 1. The number of ether oxygens (including phenoxy) is 3. The lowest BCUT2D eigenvalue weighted by Crippen LogP contribution is -2.38. The van der Waals surface area contributed by atoms with Crippen LogP contribution in [0.15, 0.2) is 18.2 Å². The Morgan fingerprint density at radius 2 is 1.84 bits per heavy atom. The van der Waals surface area contributed by atoms with Crippen LogP contribution in [0.3, 0.4) is 0 Å². The highest BCUT2D eigenvalue weighted by molar-refractivity contribution is 5.92. The molecule has 0 aliphatic carbocycles. The van der Waals surface area contributed by atoms with Crippen molar-refractivity contribution in [1.82, 2.24) is 0 Å². The fourth-order valence-corrected chi connectivity index (χ4v) is 1.46. The molecule has 0 spiro atoms. The minimum Gasteiger partial charge on any atom is -0.497 e. The second kappa shape index (κ2) is 6.43. The summed E-state index contributed by atoms with van der Waals surface area (Å²) in [5.74, 6) is 0.710. The van der Waals surface area contributed by atoms with Gasteiger partial charge in [0.2, 0.25) is 0 Å². The largest absolute Gasteiger partial charge is 0.497 e. The van der Waals surface area contributed by atoms with E-state index < -0.39 is 0 Å². The molecule has 0 aliphatic rings. The van der Waals surface area contributed by atoms with Gasteiger partial charge in [0.15, 0.2) is 0 Å². The van der Waals surface area contributed by atoms with Crippen molar-refractivity contribution >= 4 is 5.97 Å². The Kier molecular flexibility index (Phi) is 5.18. The van der Waals surface area contributed by atoms with Gasteiger partial charge in [-0.2, -0.15) is 0 Å². The zero-order valence-corrected chi connectivity index (χ0v) is 12.2. The third-order valence-electron chi connectivity index (χ3n) is 2.62. The van der Waals surface area contributed by atoms with Crippen LogP contribution < -0.4 is 9.47 Å². The van der Waals surface area contributed by atoms with Crippen LogP contribution in [0.2, 0.25) is 0 Å². The van der Waals surface area contributed by atoms with Crippen LogP contribution in [-0.4, -0.2) is 59.0 Å². The van der Waals surface area contributed by atoms with Crippen LogP contribution in [-0.2, 0) is 4.74 Å². The van der Waals surface area contributed by atoms with Gasteiger partial charge in [-0.3, -0.25) is 0 Å². The molecule has 0 radical (unpaired) electrons. The molecular weight excluding hydrogens is 246 g/mol. The van der Waals surface area contributed by atoms with Gasteiger partial charge < -0.3 is 18.7 Å². The number of esters is 1. The van der Waals surface area contributed by atoms with Gasteiger partial charge >= 0.3 is 5.97 Å². The molecule has 0 saturated carbocycles. The molecule has 0 amide bonds. The van der Waals surface area contributed by atoms with E-state index in [0.717, 1.165) is 11.0 Å². The van der Waals surface area contributed by atoms with E-state index in [0.29, 0.717) is 23.7 Å². The lowest BCUT2D eigenvalue weighted by atomic mass is 10.2. The van der Waals surface area contributed by atoms with Gasteiger partial charge in [-0.25, -0.2) is 4.79 Å². The Bertz CT molecular complexity index is 438. The van der Waals surface area contributed by atoms with Crippen LogP contribution >= 0.6 is 0 Å². The summed E-state index contributed by atoms with van der Waals surface area (Å²) in [6.07, 6.45) is 0. The van der Waals surface area contributed by atoms with Gasteiger partial charge in [0.05, 0.1) is 35.4 Å². The maximum atomic E-state index is 12.0. The summed E-state index contributed by atoms with van der Waals surface area (Å²) >= 11 is 0. The molecule has 0 N–H and O–H groups in total. The molecule has 0 atom stereocenters. The molecule has 5 nitrogen and oxygen atoms in total. The molecule has 0 unspecified atom stereocenters. The summed E-state index contributed by atoms with van der Waals surface area (Å²) in [6.45, 7) is 1.13. The standard InChI is InChI=1S/C14H22NO4/c1-15(2,3)8-9-19-14(16)12-7-6-11(17-4)10-13(12)18-5/h6-7,10H,8-9H2,1-5H3/q+1. The molecule has 0 aromatic heterocycles. The van der Waals surface area contributed by atoms with E-state index in [-0.39, 0.29) is 5.97 Å². The maximum absolute atomic E-state index is 12.0. The van der Waals surface area contributed by atoms with E-state index in [9.17, 15) is 4.79 Å². The quantitative estimate of drug-likeness (QED) is 0.580. The molecule has 1 aromatic rings. The molecule has 19 heavy (non-hydrogen) atoms. The van der Waals surface area contributed by atoms with E-state index in [2.05, 4.69) is 0 Å². The normalized spacial score (nSPS) is 11.0. The van der Waals surface area contributed by atoms with Crippen molar-refractivity contribution < 1.29 is 23.5 Å². The van der Waals surface area contributed by atoms with Crippen molar-refractivity contribution in [2.75, 3.05) is 48.5 Å². The van der Waals surface area contributed by atoms with Crippen molar-refractivity contribution in [1.29, 1.82) is 0 Å². The molecule has 0 saturated heterocycles. The van der Waals surface area contributed by atoms with Crippen molar-refractivity contribution in [3.05, 3.63) is 23.8 Å². The van der Waals surface area contributed by atoms with Gasteiger partial charge in [0.25, 0.3) is 0 Å². The smallest absolute Gasteiger partial charge is 0.342 e. The molecular formula is C14H22NO4+. The first kappa shape index (κ1) is 15.3. The maximum Gasteiger partial charge on any atom is 0.342 e. The minimum absolute atomic E-state index is 0.373. The second-order valence-corrected chi connectivity index (χ2v) is 5.22. The Morgan fingerprint density at radius 3 is 2.37 bits per heavy atom. The molecule has 5 heteroatoms. The van der Waals surface area contributed by atoms with Gasteiger partial charge in [-0.1, -0.05) is 0 Å². The molecule has 0 heterocycles. The third kappa shape index (κ3) is 4.79. The molecule has 0 bridgehead atoms. The summed E-state index contributed by atoms with van der Waals surface area (Å²) in [6, 6.07) is 5.02. The number of quaternary nitrogens is 1. The predicted octanol–water partition coefficient (Wildman–Crippen LogP) is 1.57. The van der Waals surface area contributed by atoms with Crippen molar-refractivity contribution in [3.8, 4) is 11.5 Å². The Hall–Kier alpha value is -1.75. The number of nitrogens with zero attached hydrogens (tertiary/aromatic N) is 1. The van der Waals surface area contributed by atoms with Gasteiger partial charge in [-0.15, -0.1) is 0 Å². The van der Waals surface area contributed by atoms with Crippen LogP contribution in [0.1, 0.15) is 10.4 Å². The Morgan fingerprint density at radius 1 is 1.16 bits per heavy atom. The fourth-order valence-electron chi connectivity index (χ4n) is 1.46. The Labute approximate surface area is 114 Å². The predicted molar refractivity (Wildman–Crippen MR) is 72.7 cm³/mol. The highest BCUT2D eigenvalue weighted by Crippen LogP contribution is 2.25. The number of benzene rings is 1. The van der Waals surface area contributed by atoms with Crippen molar-refractivity contribution in [2.24, 2.45) is 0 Å². The van der Waals surface area contributed by atoms with Gasteiger partial charge in [0.1, 0.15) is 30.2 Å². The van der Waals surface area contributed by atoms with E-state index in [4.69, 9.17) is 14.2 Å². The average Bonchev–Trinajstić information content (AvgIpc) is 2.36. The number of hydrogen-bond acceptors (Lipinski definition) is 4. The number of methoxy groups -OCH3 is 2. The molecule has 0 fully saturated rings. The van der Waals surface area contributed by atoms with E-state index in [1.165, 1.54) is 7.11 Å². The number of likely N-dealkylation sites (N-methyl/N-ethyl adjacent to an activating group) is 1. The van der Waals surface area contributed by atoms with E-state index >= 15 is 0 Å². The van der Waals surface area contributed by atoms with Crippen molar-refractivity contribution in [3.63, 3.8) is 0 Å². The highest BCUT2D eigenvalue weighted by Gasteiger charge is 2.16. The SMILES string of the molecule is COc1ccc(C(=O)OCC[N+](C)(C)C)c(OC)c1. The van der Waals surface area contributed by atoms with Gasteiger partial charge in [0, 0.05) is 6.07 Å². The first-order valence-electron chi connectivity index (χ1n) is 6.07. The summed E-state index contributed by atoms with van der Waals surface area (Å²) in [7, 11) is 9.21. The molecule has 106 valence electrons. The van der Waals surface area contributed by atoms with Crippen LogP contribution in [0, 0.1) is 0 Å². The average molecular weight is 268 g/mol. The van der Waals surface area contributed by atoms with Crippen LogP contribution in [0.25, 0.3) is 0 Å². The third-order valence-corrected chi connectivity index (χ3v) is 2.62. The van der Waals surface area contributed by atoms with Crippen LogP contribution in [0.5, 0.6) is 11.5 Å². The van der Waals surface area contributed by atoms with Gasteiger partial charge in [-0.05, 0) is 12.1 Å². The summed E-state index contributed by atoms with van der Waals surface area (Å²) < 4.78 is 16.2. The Balaban J connectivity index is 2.71. The summed E-state index contributed by atoms with van der Waals surface area (Å²) in [5, 5.41) is 0. The lowest BCUT2D eigenvalue weighted by Gasteiger charge is -2.23. The zero-order chi connectivity index (χ0) is 14.5.